The van der Waals surface area contributed by atoms with Gasteiger partial charge in [-0.05, 0) is 64.8 Å². The maximum atomic E-state index is 13.8. The van der Waals surface area contributed by atoms with Crippen molar-refractivity contribution in [2.75, 3.05) is 6.54 Å². The first-order chi connectivity index (χ1) is 9.10. The highest BCUT2D eigenvalue weighted by atomic mass is 79.9. The molecule has 0 aliphatic rings. The molecule has 5 heteroatoms. The molecule has 2 rings (SSSR count). The Balaban J connectivity index is 2.20. The lowest BCUT2D eigenvalue weighted by molar-refractivity contribution is 0.440. The normalized spacial score (nSPS) is 10.5. The molecule has 100 valence electrons. The summed E-state index contributed by atoms with van der Waals surface area (Å²) >= 11 is 3.05. The zero-order chi connectivity index (χ0) is 13.8. The van der Waals surface area contributed by atoms with Crippen molar-refractivity contribution < 1.29 is 13.5 Å². The summed E-state index contributed by atoms with van der Waals surface area (Å²) in [6.45, 7) is 0.463. The van der Waals surface area contributed by atoms with Crippen LogP contribution >= 0.6 is 15.9 Å². The molecule has 0 bridgehead atoms. The molecule has 19 heavy (non-hydrogen) atoms. The van der Waals surface area contributed by atoms with Gasteiger partial charge in [-0.25, -0.2) is 8.78 Å². The number of hydrogen-bond acceptors (Lipinski definition) is 2. The second-order valence-corrected chi connectivity index (χ2v) is 4.84. The zero-order valence-corrected chi connectivity index (χ0v) is 11.6. The Morgan fingerprint density at radius 1 is 1.05 bits per heavy atom. The third-order valence-corrected chi connectivity index (χ3v) is 3.16. The van der Waals surface area contributed by atoms with Gasteiger partial charge in [0.2, 0.25) is 0 Å². The van der Waals surface area contributed by atoms with E-state index in [-0.39, 0.29) is 10.2 Å². The fraction of sp³-hybridized carbons (Fsp3) is 0.143. The molecule has 0 amide bonds. The molecule has 0 aromatic heterocycles. The Morgan fingerprint density at radius 2 is 1.84 bits per heavy atom. The van der Waals surface area contributed by atoms with Gasteiger partial charge >= 0.3 is 0 Å². The Kier molecular flexibility index (Phi) is 4.50. The molecule has 0 atom stereocenters. The van der Waals surface area contributed by atoms with Crippen LogP contribution in [-0.4, -0.2) is 6.54 Å². The molecule has 0 aliphatic carbocycles. The standard InChI is InChI=1S/C14H12BrF2NO/c15-11-8-10(2-3-12(11)16)19-14-4-1-9(5-6-18)7-13(14)17/h1-4,7-8H,5-6,18H2. The molecule has 2 N–H and O–H groups in total. The van der Waals surface area contributed by atoms with Gasteiger partial charge in [0.1, 0.15) is 11.6 Å². The predicted octanol–water partition coefficient (Wildman–Crippen LogP) is 4.02. The van der Waals surface area contributed by atoms with Crippen molar-refractivity contribution in [2.45, 2.75) is 6.42 Å². The summed E-state index contributed by atoms with van der Waals surface area (Å²) < 4.78 is 32.5. The van der Waals surface area contributed by atoms with Gasteiger partial charge < -0.3 is 10.5 Å². The highest BCUT2D eigenvalue weighted by molar-refractivity contribution is 9.10. The van der Waals surface area contributed by atoms with Crippen LogP contribution in [0.2, 0.25) is 0 Å². The minimum atomic E-state index is -0.466. The van der Waals surface area contributed by atoms with Crippen molar-refractivity contribution in [3.63, 3.8) is 0 Å². The Labute approximate surface area is 118 Å². The van der Waals surface area contributed by atoms with Gasteiger partial charge in [0.15, 0.2) is 11.6 Å². The third-order valence-electron chi connectivity index (χ3n) is 2.55. The molecule has 0 fully saturated rings. The highest BCUT2D eigenvalue weighted by Crippen LogP contribution is 2.28. The second-order valence-electron chi connectivity index (χ2n) is 3.98. The van der Waals surface area contributed by atoms with Crippen LogP contribution in [0, 0.1) is 11.6 Å². The van der Waals surface area contributed by atoms with Crippen LogP contribution in [0.4, 0.5) is 8.78 Å². The summed E-state index contributed by atoms with van der Waals surface area (Å²) in [5, 5.41) is 0. The Hall–Kier alpha value is -1.46. The van der Waals surface area contributed by atoms with Gasteiger partial charge in [0, 0.05) is 0 Å². The van der Waals surface area contributed by atoms with E-state index < -0.39 is 11.6 Å². The fourth-order valence-electron chi connectivity index (χ4n) is 1.62. The van der Waals surface area contributed by atoms with E-state index in [0.29, 0.717) is 18.7 Å². The summed E-state index contributed by atoms with van der Waals surface area (Å²) in [4.78, 5) is 0. The minimum absolute atomic E-state index is 0.0966. The lowest BCUT2D eigenvalue weighted by atomic mass is 10.1. The van der Waals surface area contributed by atoms with E-state index in [2.05, 4.69) is 15.9 Å². The van der Waals surface area contributed by atoms with Crippen molar-refractivity contribution >= 4 is 15.9 Å². The van der Waals surface area contributed by atoms with E-state index in [1.807, 2.05) is 0 Å². The van der Waals surface area contributed by atoms with Crippen molar-refractivity contribution in [3.05, 3.63) is 58.1 Å². The lowest BCUT2D eigenvalue weighted by Gasteiger charge is -2.08. The van der Waals surface area contributed by atoms with Crippen LogP contribution < -0.4 is 10.5 Å². The van der Waals surface area contributed by atoms with E-state index in [0.717, 1.165) is 5.56 Å². The van der Waals surface area contributed by atoms with E-state index in [9.17, 15) is 8.78 Å². The van der Waals surface area contributed by atoms with E-state index >= 15 is 0 Å². The topological polar surface area (TPSA) is 35.2 Å². The molecule has 2 aromatic rings. The van der Waals surface area contributed by atoms with E-state index in [1.165, 1.54) is 30.3 Å². The first kappa shape index (κ1) is 14.0. The van der Waals surface area contributed by atoms with Crippen molar-refractivity contribution in [3.8, 4) is 11.5 Å². The molecular weight excluding hydrogens is 316 g/mol. The maximum Gasteiger partial charge on any atom is 0.165 e. The molecule has 0 saturated heterocycles. The molecule has 2 nitrogen and oxygen atoms in total. The third kappa shape index (κ3) is 3.52. The summed E-state index contributed by atoms with van der Waals surface area (Å²) in [7, 11) is 0. The smallest absolute Gasteiger partial charge is 0.165 e. The van der Waals surface area contributed by atoms with Crippen molar-refractivity contribution in [2.24, 2.45) is 5.73 Å². The first-order valence-corrected chi connectivity index (χ1v) is 6.51. The number of halogens is 3. The average Bonchev–Trinajstić information content (AvgIpc) is 2.37. The summed E-state index contributed by atoms with van der Waals surface area (Å²) in [6.07, 6.45) is 0.610. The van der Waals surface area contributed by atoms with Crippen molar-refractivity contribution in [1.29, 1.82) is 0 Å². The quantitative estimate of drug-likeness (QED) is 0.920. The number of hydrogen-bond donors (Lipinski definition) is 1. The molecule has 0 spiro atoms. The fourth-order valence-corrected chi connectivity index (χ4v) is 1.97. The van der Waals surface area contributed by atoms with Gasteiger partial charge in [-0.1, -0.05) is 6.07 Å². The van der Waals surface area contributed by atoms with Crippen LogP contribution in [0.1, 0.15) is 5.56 Å². The van der Waals surface area contributed by atoms with Gasteiger partial charge in [0.05, 0.1) is 4.47 Å². The van der Waals surface area contributed by atoms with Crippen LogP contribution in [0.25, 0.3) is 0 Å². The highest BCUT2D eigenvalue weighted by Gasteiger charge is 2.07. The Bertz CT molecular complexity index is 590. The second kappa shape index (κ2) is 6.12. The SMILES string of the molecule is NCCc1ccc(Oc2ccc(F)c(Br)c2)c(F)c1. The number of ether oxygens (including phenoxy) is 1. The summed E-state index contributed by atoms with van der Waals surface area (Å²) in [6, 6.07) is 8.82. The number of benzene rings is 2. The molecule has 0 radical (unpaired) electrons. The average molecular weight is 328 g/mol. The van der Waals surface area contributed by atoms with Gasteiger partial charge in [0.25, 0.3) is 0 Å². The molecular formula is C14H12BrF2NO. The van der Waals surface area contributed by atoms with Crippen LogP contribution in [0.3, 0.4) is 0 Å². The molecule has 0 saturated carbocycles. The largest absolute Gasteiger partial charge is 0.454 e. The molecule has 2 aromatic carbocycles. The summed E-state index contributed by atoms with van der Waals surface area (Å²) in [5.41, 5.74) is 6.22. The zero-order valence-electron chi connectivity index (χ0n) is 10.00. The van der Waals surface area contributed by atoms with Gasteiger partial charge in [-0.2, -0.15) is 0 Å². The van der Waals surface area contributed by atoms with E-state index in [1.54, 1.807) is 6.07 Å². The molecule has 0 aliphatic heterocycles. The summed E-state index contributed by atoms with van der Waals surface area (Å²) in [5.74, 6) is -0.407. The maximum absolute atomic E-state index is 13.8. The van der Waals surface area contributed by atoms with Crippen molar-refractivity contribution in [1.82, 2.24) is 0 Å². The first-order valence-electron chi connectivity index (χ1n) is 5.71. The lowest BCUT2D eigenvalue weighted by Crippen LogP contribution is -2.03. The number of nitrogens with two attached hydrogens (primary N) is 1. The predicted molar refractivity (Wildman–Crippen MR) is 73.3 cm³/mol. The molecule has 0 unspecified atom stereocenters. The van der Waals surface area contributed by atoms with Crippen LogP contribution in [-0.2, 0) is 6.42 Å². The van der Waals surface area contributed by atoms with Gasteiger partial charge in [-0.15, -0.1) is 0 Å². The van der Waals surface area contributed by atoms with Crippen LogP contribution in [0.5, 0.6) is 11.5 Å². The molecule has 0 heterocycles. The van der Waals surface area contributed by atoms with E-state index in [4.69, 9.17) is 10.5 Å². The van der Waals surface area contributed by atoms with Gasteiger partial charge in [-0.3, -0.25) is 0 Å². The minimum Gasteiger partial charge on any atom is -0.454 e. The monoisotopic (exact) mass is 327 g/mol. The Morgan fingerprint density at radius 3 is 2.47 bits per heavy atom. The van der Waals surface area contributed by atoms with Crippen LogP contribution in [0.15, 0.2) is 40.9 Å². The number of rotatable bonds is 4.